The van der Waals surface area contributed by atoms with Crippen LogP contribution in [0.15, 0.2) is 48.0 Å². The van der Waals surface area contributed by atoms with Gasteiger partial charge in [0.15, 0.2) is 11.5 Å². The number of nitrogens with zero attached hydrogens (tertiary/aromatic N) is 2. The van der Waals surface area contributed by atoms with Crippen LogP contribution in [0.2, 0.25) is 0 Å². The van der Waals surface area contributed by atoms with E-state index in [-0.39, 0.29) is 11.3 Å². The normalized spacial score (nSPS) is 19.6. The molecule has 0 saturated carbocycles. The molecule has 2 aromatic rings. The van der Waals surface area contributed by atoms with Crippen LogP contribution in [0.5, 0.6) is 11.5 Å². The van der Waals surface area contributed by atoms with Gasteiger partial charge in [-0.1, -0.05) is 12.1 Å². The zero-order chi connectivity index (χ0) is 22.8. The maximum absolute atomic E-state index is 13.1. The third-order valence-electron chi connectivity index (χ3n) is 5.55. The van der Waals surface area contributed by atoms with Crippen molar-refractivity contribution < 1.29 is 24.2 Å². The molecule has 168 valence electrons. The maximum atomic E-state index is 13.1. The number of amides is 1. The Kier molecular flexibility index (Phi) is 6.71. The van der Waals surface area contributed by atoms with Crippen LogP contribution in [0.4, 0.5) is 0 Å². The third-order valence-corrected chi connectivity index (χ3v) is 6.26. The lowest BCUT2D eigenvalue weighted by Crippen LogP contribution is -2.32. The Hall–Kier alpha value is -2.59. The molecular weight excluding hydrogens is 523 g/mol. The van der Waals surface area contributed by atoms with Crippen LogP contribution in [0, 0.1) is 3.57 Å². The Labute approximate surface area is 200 Å². The molecule has 0 aromatic heterocycles. The number of halogens is 1. The number of carbonyl (C=O) groups excluding carboxylic acids is 2. The van der Waals surface area contributed by atoms with Crippen molar-refractivity contribution in [3.8, 4) is 11.5 Å². The second-order valence-corrected chi connectivity index (χ2v) is 9.30. The van der Waals surface area contributed by atoms with Crippen molar-refractivity contribution in [1.82, 2.24) is 9.80 Å². The molecule has 0 aliphatic carbocycles. The highest BCUT2D eigenvalue weighted by molar-refractivity contribution is 14.1. The second kappa shape index (κ2) is 9.50. The SMILES string of the molecule is CN(C)CCCN1C(=O)C(=O)C(=C(O)c2ccc3c(c2)OCCO3)C1c1ccc(I)cc1. The summed E-state index contributed by atoms with van der Waals surface area (Å²) in [4.78, 5) is 29.7. The summed E-state index contributed by atoms with van der Waals surface area (Å²) in [5.74, 6) is -0.381. The highest BCUT2D eigenvalue weighted by Crippen LogP contribution is 2.41. The molecule has 2 aliphatic rings. The molecule has 0 bridgehead atoms. The van der Waals surface area contributed by atoms with Crippen molar-refractivity contribution in [1.29, 1.82) is 0 Å². The minimum absolute atomic E-state index is 0.0951. The fourth-order valence-electron chi connectivity index (χ4n) is 4.01. The van der Waals surface area contributed by atoms with Crippen LogP contribution in [-0.2, 0) is 9.59 Å². The van der Waals surface area contributed by atoms with E-state index in [0.717, 1.165) is 15.7 Å². The topological polar surface area (TPSA) is 79.3 Å². The maximum Gasteiger partial charge on any atom is 0.295 e. The summed E-state index contributed by atoms with van der Waals surface area (Å²) < 4.78 is 12.2. The molecular formula is C24H25IN2O5. The molecule has 2 aromatic carbocycles. The van der Waals surface area contributed by atoms with E-state index in [0.29, 0.717) is 43.2 Å². The highest BCUT2D eigenvalue weighted by atomic mass is 127. The molecule has 1 saturated heterocycles. The molecule has 1 N–H and O–H groups in total. The van der Waals surface area contributed by atoms with E-state index >= 15 is 0 Å². The Bertz CT molecular complexity index is 1060. The number of aliphatic hydroxyl groups excluding tert-OH is 1. The van der Waals surface area contributed by atoms with Gasteiger partial charge in [-0.3, -0.25) is 9.59 Å². The van der Waals surface area contributed by atoms with Gasteiger partial charge in [0.2, 0.25) is 0 Å². The second-order valence-electron chi connectivity index (χ2n) is 8.06. The van der Waals surface area contributed by atoms with Gasteiger partial charge >= 0.3 is 0 Å². The number of ether oxygens (including phenoxy) is 2. The van der Waals surface area contributed by atoms with Crippen LogP contribution in [0.3, 0.4) is 0 Å². The number of Topliss-reactive ketones (excluding diaryl/α,β-unsaturated/α-hetero) is 1. The molecule has 4 rings (SSSR count). The fourth-order valence-corrected chi connectivity index (χ4v) is 4.37. The standard InChI is InChI=1S/C24H25IN2O5/c1-26(2)10-3-11-27-21(15-4-7-17(25)8-5-15)20(23(29)24(27)30)22(28)16-6-9-18-19(14-16)32-13-12-31-18/h4-9,14,21,28H,3,10-13H2,1-2H3. The van der Waals surface area contributed by atoms with Crippen molar-refractivity contribution in [3.05, 3.63) is 62.7 Å². The lowest BCUT2D eigenvalue weighted by atomic mass is 9.95. The molecule has 0 radical (unpaired) electrons. The summed E-state index contributed by atoms with van der Waals surface area (Å²) in [6.45, 7) is 2.07. The van der Waals surface area contributed by atoms with Gasteiger partial charge in [-0.15, -0.1) is 0 Å². The number of carbonyl (C=O) groups is 2. The fraction of sp³-hybridized carbons (Fsp3) is 0.333. The number of hydrogen-bond donors (Lipinski definition) is 1. The molecule has 1 fully saturated rings. The summed E-state index contributed by atoms with van der Waals surface area (Å²) in [5.41, 5.74) is 1.29. The zero-order valence-electron chi connectivity index (χ0n) is 18.0. The predicted molar refractivity (Wildman–Crippen MR) is 129 cm³/mol. The predicted octanol–water partition coefficient (Wildman–Crippen LogP) is 3.44. The largest absolute Gasteiger partial charge is 0.507 e. The van der Waals surface area contributed by atoms with Crippen molar-refractivity contribution in [2.24, 2.45) is 0 Å². The van der Waals surface area contributed by atoms with Gasteiger partial charge in [-0.25, -0.2) is 0 Å². The number of aliphatic hydroxyl groups is 1. The molecule has 1 unspecified atom stereocenters. The summed E-state index contributed by atoms with van der Waals surface area (Å²) in [6, 6.07) is 12.0. The van der Waals surface area contributed by atoms with E-state index in [1.807, 2.05) is 43.3 Å². The minimum Gasteiger partial charge on any atom is -0.507 e. The molecule has 2 heterocycles. The molecule has 7 nitrogen and oxygen atoms in total. The summed E-state index contributed by atoms with van der Waals surface area (Å²) in [7, 11) is 3.93. The van der Waals surface area contributed by atoms with Crippen molar-refractivity contribution >= 4 is 40.0 Å². The Morgan fingerprint density at radius 2 is 1.78 bits per heavy atom. The zero-order valence-corrected chi connectivity index (χ0v) is 20.2. The van der Waals surface area contributed by atoms with E-state index < -0.39 is 17.7 Å². The number of benzene rings is 2. The monoisotopic (exact) mass is 548 g/mol. The third kappa shape index (κ3) is 4.47. The van der Waals surface area contributed by atoms with E-state index in [9.17, 15) is 14.7 Å². The Balaban J connectivity index is 1.77. The summed E-state index contributed by atoms with van der Waals surface area (Å²) in [6.07, 6.45) is 0.713. The van der Waals surface area contributed by atoms with Gasteiger partial charge in [-0.05, 0) is 85.5 Å². The van der Waals surface area contributed by atoms with E-state index in [4.69, 9.17) is 9.47 Å². The average molecular weight is 548 g/mol. The van der Waals surface area contributed by atoms with E-state index in [1.54, 1.807) is 23.1 Å². The van der Waals surface area contributed by atoms with Crippen molar-refractivity contribution in [2.45, 2.75) is 12.5 Å². The first-order valence-corrected chi connectivity index (χ1v) is 11.5. The molecule has 32 heavy (non-hydrogen) atoms. The number of ketones is 1. The van der Waals surface area contributed by atoms with Crippen LogP contribution in [0.1, 0.15) is 23.6 Å². The lowest BCUT2D eigenvalue weighted by Gasteiger charge is -2.26. The Morgan fingerprint density at radius 1 is 1.09 bits per heavy atom. The molecule has 1 amide bonds. The van der Waals surface area contributed by atoms with Crippen LogP contribution in [-0.4, -0.2) is 67.0 Å². The van der Waals surface area contributed by atoms with Gasteiger partial charge in [0, 0.05) is 15.7 Å². The first-order valence-electron chi connectivity index (χ1n) is 10.5. The lowest BCUT2D eigenvalue weighted by molar-refractivity contribution is -0.139. The molecule has 0 spiro atoms. The van der Waals surface area contributed by atoms with Gasteiger partial charge < -0.3 is 24.4 Å². The minimum atomic E-state index is -0.675. The summed E-state index contributed by atoms with van der Waals surface area (Å²) in [5, 5.41) is 11.2. The molecule has 8 heteroatoms. The van der Waals surface area contributed by atoms with Crippen LogP contribution < -0.4 is 9.47 Å². The average Bonchev–Trinajstić information content (AvgIpc) is 3.03. The number of likely N-dealkylation sites (tertiary alicyclic amines) is 1. The van der Waals surface area contributed by atoms with E-state index in [2.05, 4.69) is 22.6 Å². The first-order chi connectivity index (χ1) is 15.4. The number of rotatable bonds is 6. The Morgan fingerprint density at radius 3 is 2.47 bits per heavy atom. The number of hydrogen-bond acceptors (Lipinski definition) is 6. The van der Waals surface area contributed by atoms with E-state index in [1.165, 1.54) is 0 Å². The van der Waals surface area contributed by atoms with Gasteiger partial charge in [0.25, 0.3) is 11.7 Å². The smallest absolute Gasteiger partial charge is 0.295 e. The highest BCUT2D eigenvalue weighted by Gasteiger charge is 2.45. The van der Waals surface area contributed by atoms with Gasteiger partial charge in [-0.2, -0.15) is 0 Å². The van der Waals surface area contributed by atoms with Gasteiger partial charge in [0.05, 0.1) is 11.6 Å². The van der Waals surface area contributed by atoms with Gasteiger partial charge in [0.1, 0.15) is 19.0 Å². The molecule has 1 atom stereocenters. The quantitative estimate of drug-likeness (QED) is 0.258. The van der Waals surface area contributed by atoms with Crippen LogP contribution >= 0.6 is 22.6 Å². The summed E-state index contributed by atoms with van der Waals surface area (Å²) >= 11 is 2.21. The van der Waals surface area contributed by atoms with Crippen molar-refractivity contribution in [3.63, 3.8) is 0 Å². The van der Waals surface area contributed by atoms with Crippen LogP contribution in [0.25, 0.3) is 5.76 Å². The first kappa shape index (κ1) is 22.6. The van der Waals surface area contributed by atoms with Crippen molar-refractivity contribution in [2.75, 3.05) is 40.4 Å². The number of fused-ring (bicyclic) bond motifs is 1. The molecule has 2 aliphatic heterocycles.